The van der Waals surface area contributed by atoms with Crippen LogP contribution in [0.3, 0.4) is 0 Å². The highest BCUT2D eigenvalue weighted by atomic mass is 16.3. The molecule has 0 aliphatic heterocycles. The minimum Gasteiger partial charge on any atom is -0.395 e. The van der Waals surface area contributed by atoms with Crippen LogP contribution < -0.4 is 5.32 Å². The average molecular weight is 209 g/mol. The largest absolute Gasteiger partial charge is 0.395 e. The normalized spacial score (nSPS) is 49.6. The Hall–Kier alpha value is -0.0800. The predicted molar refractivity (Wildman–Crippen MR) is 60.5 cm³/mol. The SMILES string of the molecule is CNC(CO)C1C2CC3CC(C2)CC1C3. The van der Waals surface area contributed by atoms with Crippen molar-refractivity contribution < 1.29 is 5.11 Å². The number of hydrogen-bond donors (Lipinski definition) is 2. The van der Waals surface area contributed by atoms with E-state index in [0.717, 1.165) is 29.6 Å². The minimum absolute atomic E-state index is 0.323. The van der Waals surface area contributed by atoms with E-state index >= 15 is 0 Å². The summed E-state index contributed by atoms with van der Waals surface area (Å²) in [4.78, 5) is 0. The van der Waals surface area contributed by atoms with Gasteiger partial charge in [-0.1, -0.05) is 0 Å². The van der Waals surface area contributed by atoms with Crippen LogP contribution in [0.25, 0.3) is 0 Å². The molecule has 15 heavy (non-hydrogen) atoms. The molecule has 0 saturated heterocycles. The molecule has 2 nitrogen and oxygen atoms in total. The van der Waals surface area contributed by atoms with E-state index in [2.05, 4.69) is 5.32 Å². The van der Waals surface area contributed by atoms with Gasteiger partial charge in [0.25, 0.3) is 0 Å². The van der Waals surface area contributed by atoms with E-state index in [1.165, 1.54) is 32.1 Å². The van der Waals surface area contributed by atoms with Crippen LogP contribution in [0.5, 0.6) is 0 Å². The molecule has 4 rings (SSSR count). The summed E-state index contributed by atoms with van der Waals surface area (Å²) in [5, 5.41) is 12.8. The van der Waals surface area contributed by atoms with Crippen LogP contribution in [0.1, 0.15) is 32.1 Å². The minimum atomic E-state index is 0.323. The molecular formula is C13H23NO. The van der Waals surface area contributed by atoms with Gasteiger partial charge in [0, 0.05) is 6.04 Å². The molecule has 0 radical (unpaired) electrons. The third-order valence-corrected chi connectivity index (χ3v) is 5.33. The van der Waals surface area contributed by atoms with Crippen molar-refractivity contribution in [2.75, 3.05) is 13.7 Å². The second-order valence-corrected chi connectivity index (χ2v) is 6.09. The van der Waals surface area contributed by atoms with Crippen molar-refractivity contribution in [3.8, 4) is 0 Å². The van der Waals surface area contributed by atoms with Crippen LogP contribution in [-0.2, 0) is 0 Å². The topological polar surface area (TPSA) is 32.3 Å². The van der Waals surface area contributed by atoms with Crippen LogP contribution in [-0.4, -0.2) is 24.8 Å². The monoisotopic (exact) mass is 209 g/mol. The van der Waals surface area contributed by atoms with Crippen molar-refractivity contribution in [3.05, 3.63) is 0 Å². The van der Waals surface area contributed by atoms with E-state index in [-0.39, 0.29) is 0 Å². The quantitative estimate of drug-likeness (QED) is 0.740. The molecule has 0 aromatic rings. The number of rotatable bonds is 3. The Kier molecular flexibility index (Phi) is 2.52. The summed E-state index contributed by atoms with van der Waals surface area (Å²) in [7, 11) is 2.01. The number of aliphatic hydroxyl groups excluding tert-OH is 1. The smallest absolute Gasteiger partial charge is 0.0587 e. The van der Waals surface area contributed by atoms with Crippen LogP contribution in [0.4, 0.5) is 0 Å². The lowest BCUT2D eigenvalue weighted by atomic mass is 9.50. The van der Waals surface area contributed by atoms with Gasteiger partial charge in [-0.25, -0.2) is 0 Å². The highest BCUT2D eigenvalue weighted by molar-refractivity contribution is 5.01. The van der Waals surface area contributed by atoms with E-state index in [9.17, 15) is 5.11 Å². The first-order valence-electron chi connectivity index (χ1n) is 6.60. The second kappa shape index (κ2) is 3.74. The Bertz CT molecular complexity index is 209. The predicted octanol–water partition coefficient (Wildman–Crippen LogP) is 1.64. The Morgan fingerprint density at radius 2 is 1.60 bits per heavy atom. The van der Waals surface area contributed by atoms with Gasteiger partial charge in [0.05, 0.1) is 6.61 Å². The summed E-state index contributed by atoms with van der Waals surface area (Å²) < 4.78 is 0. The van der Waals surface area contributed by atoms with Crippen LogP contribution in [0.15, 0.2) is 0 Å². The summed E-state index contributed by atoms with van der Waals surface area (Å²) in [6.07, 6.45) is 7.33. The lowest BCUT2D eigenvalue weighted by Crippen LogP contribution is -2.53. The molecule has 4 bridgehead atoms. The molecule has 4 aliphatic rings. The molecular weight excluding hydrogens is 186 g/mol. The van der Waals surface area contributed by atoms with Gasteiger partial charge in [0.1, 0.15) is 0 Å². The lowest BCUT2D eigenvalue weighted by molar-refractivity contribution is -0.0579. The number of aliphatic hydroxyl groups is 1. The van der Waals surface area contributed by atoms with Gasteiger partial charge in [-0.15, -0.1) is 0 Å². The Morgan fingerprint density at radius 1 is 1.07 bits per heavy atom. The average Bonchev–Trinajstić information content (AvgIpc) is 2.22. The molecule has 4 aliphatic carbocycles. The molecule has 4 fully saturated rings. The zero-order valence-corrected chi connectivity index (χ0v) is 9.65. The molecule has 4 saturated carbocycles. The van der Waals surface area contributed by atoms with E-state index in [1.807, 2.05) is 7.05 Å². The summed E-state index contributed by atoms with van der Waals surface area (Å²) in [5.74, 6) is 4.70. The maximum Gasteiger partial charge on any atom is 0.0587 e. The van der Waals surface area contributed by atoms with Gasteiger partial charge in [-0.2, -0.15) is 0 Å². The van der Waals surface area contributed by atoms with Crippen molar-refractivity contribution in [1.29, 1.82) is 0 Å². The van der Waals surface area contributed by atoms with E-state index < -0.39 is 0 Å². The Labute approximate surface area is 92.4 Å². The van der Waals surface area contributed by atoms with Gasteiger partial charge in [0.15, 0.2) is 0 Å². The third kappa shape index (κ3) is 1.53. The van der Waals surface area contributed by atoms with E-state index in [1.54, 1.807) is 0 Å². The van der Waals surface area contributed by atoms with Crippen LogP contribution in [0, 0.1) is 29.6 Å². The summed E-state index contributed by atoms with van der Waals surface area (Å²) >= 11 is 0. The molecule has 2 heteroatoms. The Morgan fingerprint density at radius 3 is 2.00 bits per heavy atom. The Balaban J connectivity index is 1.79. The first kappa shape index (κ1) is 10.1. The first-order valence-corrected chi connectivity index (χ1v) is 6.60. The molecule has 0 heterocycles. The first-order chi connectivity index (χ1) is 7.31. The van der Waals surface area contributed by atoms with E-state index in [0.29, 0.717) is 12.6 Å². The summed E-state index contributed by atoms with van der Waals surface area (Å²) in [6, 6.07) is 0.361. The third-order valence-electron chi connectivity index (χ3n) is 5.33. The van der Waals surface area contributed by atoms with Gasteiger partial charge in [-0.3, -0.25) is 0 Å². The molecule has 0 amide bonds. The number of nitrogens with one attached hydrogen (secondary N) is 1. The molecule has 1 unspecified atom stereocenters. The fraction of sp³-hybridized carbons (Fsp3) is 1.00. The van der Waals surface area contributed by atoms with Crippen molar-refractivity contribution in [2.24, 2.45) is 29.6 Å². The lowest BCUT2D eigenvalue weighted by Gasteiger charge is -2.56. The standard InChI is InChI=1S/C13H23NO/c1-14-12(7-15)13-10-3-8-2-9(5-10)6-11(13)4-8/h8-15H,2-7H2,1H3. The summed E-state index contributed by atoms with van der Waals surface area (Å²) in [6.45, 7) is 0.323. The molecule has 0 aromatic carbocycles. The molecule has 1 atom stereocenters. The van der Waals surface area contributed by atoms with Gasteiger partial charge in [-0.05, 0) is 68.7 Å². The number of hydrogen-bond acceptors (Lipinski definition) is 2. The van der Waals surface area contributed by atoms with Gasteiger partial charge >= 0.3 is 0 Å². The zero-order valence-electron chi connectivity index (χ0n) is 9.65. The van der Waals surface area contributed by atoms with Crippen LogP contribution >= 0.6 is 0 Å². The van der Waals surface area contributed by atoms with Crippen molar-refractivity contribution in [1.82, 2.24) is 5.32 Å². The number of likely N-dealkylation sites (N-methyl/N-ethyl adjacent to an activating group) is 1. The van der Waals surface area contributed by atoms with Gasteiger partial charge in [0.2, 0.25) is 0 Å². The fourth-order valence-corrected chi connectivity index (χ4v) is 5.03. The molecule has 0 spiro atoms. The van der Waals surface area contributed by atoms with Crippen LogP contribution in [0.2, 0.25) is 0 Å². The highest BCUT2D eigenvalue weighted by Crippen LogP contribution is 2.57. The van der Waals surface area contributed by atoms with Crippen molar-refractivity contribution in [3.63, 3.8) is 0 Å². The summed E-state index contributed by atoms with van der Waals surface area (Å²) in [5.41, 5.74) is 0. The molecule has 0 aromatic heterocycles. The molecule has 2 N–H and O–H groups in total. The maximum atomic E-state index is 9.45. The van der Waals surface area contributed by atoms with Crippen molar-refractivity contribution >= 4 is 0 Å². The van der Waals surface area contributed by atoms with Gasteiger partial charge < -0.3 is 10.4 Å². The van der Waals surface area contributed by atoms with E-state index in [4.69, 9.17) is 0 Å². The highest BCUT2D eigenvalue weighted by Gasteiger charge is 2.49. The second-order valence-electron chi connectivity index (χ2n) is 6.09. The fourth-order valence-electron chi connectivity index (χ4n) is 5.03. The zero-order chi connectivity index (χ0) is 10.4. The molecule has 86 valence electrons. The maximum absolute atomic E-state index is 9.45. The van der Waals surface area contributed by atoms with Crippen molar-refractivity contribution in [2.45, 2.75) is 38.1 Å².